The Bertz CT molecular complexity index is 4790. The Hall–Kier alpha value is -9.05. The van der Waals surface area contributed by atoms with E-state index in [4.69, 9.17) is 9.57 Å². The van der Waals surface area contributed by atoms with E-state index < -0.39 is 64.3 Å². The number of allylic oxidation sites excluding steroid dienone is 6. The van der Waals surface area contributed by atoms with Crippen LogP contribution in [-0.2, 0) is 68.0 Å². The summed E-state index contributed by atoms with van der Waals surface area (Å²) in [5.41, 5.74) is 7.30. The third kappa shape index (κ3) is 16.5. The van der Waals surface area contributed by atoms with Gasteiger partial charge in [0.25, 0.3) is 23.2 Å². The van der Waals surface area contributed by atoms with Gasteiger partial charge in [-0.05, 0) is 231 Å². The summed E-state index contributed by atoms with van der Waals surface area (Å²) < 4.78 is 86.2. The summed E-state index contributed by atoms with van der Waals surface area (Å²) in [5, 5.41) is 43.4. The molecule has 3 N–H and O–H groups in total. The van der Waals surface area contributed by atoms with E-state index in [1.54, 1.807) is 19.9 Å². The smallest absolute Gasteiger partial charge is 0.333 e. The SMILES string of the molecule is Cc1cc(S(=O)(=O)[O-])c2ccc3c(c2c1)C(C)(C)C(/C=C/C=C/C=C1/N(CCCCCC(=O)ON2C(=O)CCC2=O)c2ccc4c(C)cc(S(=O)(=O)[O-])cc4c2C1(C)CCCNCC1(C)CCc2c(C)c(O)c(C)c(C)c2O1)=[N+]3CCCCCC(=O)CCCNCc1ccc([N+](=O)[O-])cc1[N+](=O)[O-]. The molecule has 0 aliphatic carbocycles. The highest BCUT2D eigenvalue weighted by molar-refractivity contribution is 7.86. The fourth-order valence-corrected chi connectivity index (χ4v) is 16.7. The molecule has 0 radical (unpaired) electrons. The molecular formula is C77H90N7O17S2-. The number of anilines is 1. The number of ketones is 1. The zero-order valence-corrected chi connectivity index (χ0v) is 61.5. The van der Waals surface area contributed by atoms with Crippen LogP contribution in [0.2, 0.25) is 0 Å². The predicted molar refractivity (Wildman–Crippen MR) is 389 cm³/mol. The molecule has 4 aliphatic rings. The molecule has 0 saturated carbocycles. The fraction of sp³-hybridized carbons (Fsp3) is 0.442. The van der Waals surface area contributed by atoms with Crippen LogP contribution >= 0.6 is 0 Å². The topological polar surface area (TPSA) is 341 Å². The first-order valence-corrected chi connectivity index (χ1v) is 37.9. The molecule has 10 rings (SSSR count). The summed E-state index contributed by atoms with van der Waals surface area (Å²) in [7, 11) is -9.78. The van der Waals surface area contributed by atoms with E-state index in [1.165, 1.54) is 30.3 Å². The van der Waals surface area contributed by atoms with Gasteiger partial charge < -0.3 is 39.3 Å². The standard InChI is InChI=1S/C77H91N7O17S2/c1-48-41-60-59(65(42-48)103(97,98)99)29-31-62-71(60)75(6,7)66(80(62)39-17-11-13-21-55(85)22-19-37-78-46-53-26-27-54(83(90)91)44-64(53)84(92)93)23-14-10-15-24-67-77(9,35-20-38-79-47-76(8)36-34-58-52(5)73(89)50(3)51(4)74(58)100-76)72-61-45-56(102(94,95)96)43-49(2)57(61)28-30-63(72)81(67)40-18-12-16-25-70(88)101-82-68(86)32-33-69(82)87/h10,14-15,23-24,26-31,41-45,78-79H,11-13,16-22,25,32-40,46-47H2,1-9H3,(H2-,89,94,95,96,97,98,99)/p-1. The number of aromatic hydroxyl groups is 1. The molecule has 26 heteroatoms. The zero-order valence-electron chi connectivity index (χ0n) is 59.8. The van der Waals surface area contributed by atoms with Crippen LogP contribution in [0.15, 0.2) is 113 Å². The number of hydroxylamine groups is 2. The molecule has 2 atom stereocenters. The van der Waals surface area contributed by atoms with Crippen LogP contribution in [0.3, 0.4) is 0 Å². The van der Waals surface area contributed by atoms with E-state index in [0.29, 0.717) is 135 Å². The van der Waals surface area contributed by atoms with Crippen molar-refractivity contribution in [3.63, 3.8) is 0 Å². The zero-order chi connectivity index (χ0) is 74.7. The van der Waals surface area contributed by atoms with E-state index in [-0.39, 0.29) is 64.9 Å². The number of nitrogens with one attached hydrogen (secondary N) is 2. The third-order valence-electron chi connectivity index (χ3n) is 20.9. The number of phenolic OH excluding ortho intramolecular Hbond substituents is 1. The molecule has 103 heavy (non-hydrogen) atoms. The molecule has 6 aromatic carbocycles. The quantitative estimate of drug-likeness (QED) is 0.00671. The van der Waals surface area contributed by atoms with Gasteiger partial charge in [-0.1, -0.05) is 36.8 Å². The monoisotopic (exact) mass is 1450 g/mol. The number of rotatable bonds is 32. The van der Waals surface area contributed by atoms with Crippen molar-refractivity contribution in [1.29, 1.82) is 0 Å². The fourth-order valence-electron chi connectivity index (χ4n) is 15.3. The molecule has 1 saturated heterocycles. The minimum atomic E-state index is -4.90. The van der Waals surface area contributed by atoms with Gasteiger partial charge in [-0.25, -0.2) is 21.6 Å². The van der Waals surface area contributed by atoms with Gasteiger partial charge in [0.15, 0.2) is 5.71 Å². The number of aryl methyl sites for hydroxylation is 2. The Morgan fingerprint density at radius 3 is 2.11 bits per heavy atom. The highest BCUT2D eigenvalue weighted by Gasteiger charge is 2.47. The van der Waals surface area contributed by atoms with Crippen molar-refractivity contribution in [3.8, 4) is 11.5 Å². The second kappa shape index (κ2) is 31.1. The summed E-state index contributed by atoms with van der Waals surface area (Å²) in [5.74, 6) is -0.670. The minimum Gasteiger partial charge on any atom is -0.744 e. The van der Waals surface area contributed by atoms with Crippen LogP contribution < -0.4 is 20.3 Å². The molecule has 24 nitrogen and oxygen atoms in total. The molecule has 0 aromatic heterocycles. The molecule has 4 aliphatic heterocycles. The number of benzene rings is 6. The molecule has 4 heterocycles. The number of nitrogens with zero attached hydrogens (tertiary/aromatic N) is 5. The number of nitro groups is 2. The van der Waals surface area contributed by atoms with Gasteiger partial charge in [-0.15, -0.1) is 5.06 Å². The number of imide groups is 1. The van der Waals surface area contributed by atoms with Gasteiger partial charge in [0, 0.05) is 110 Å². The molecule has 6 aromatic rings. The Morgan fingerprint density at radius 2 is 1.40 bits per heavy atom. The number of carbonyl (C=O) groups excluding carboxylic acids is 4. The Morgan fingerprint density at radius 1 is 0.709 bits per heavy atom. The maximum Gasteiger partial charge on any atom is 0.333 e. The number of ether oxygens (including phenoxy) is 1. The van der Waals surface area contributed by atoms with Gasteiger partial charge in [0.1, 0.15) is 49.7 Å². The number of non-ortho nitro benzene ring substituents is 1. The largest absolute Gasteiger partial charge is 0.744 e. The third-order valence-corrected chi connectivity index (χ3v) is 22.6. The first-order valence-electron chi connectivity index (χ1n) is 35.1. The summed E-state index contributed by atoms with van der Waals surface area (Å²) >= 11 is 0. The lowest BCUT2D eigenvalue weighted by Crippen LogP contribution is -2.46. The highest BCUT2D eigenvalue weighted by Crippen LogP contribution is 2.54. The van der Waals surface area contributed by atoms with E-state index in [2.05, 4.69) is 53.9 Å². The van der Waals surface area contributed by atoms with Crippen molar-refractivity contribution in [2.24, 2.45) is 0 Å². The second-order valence-corrected chi connectivity index (χ2v) is 31.4. The number of phenols is 1. The van der Waals surface area contributed by atoms with Crippen LogP contribution in [0.25, 0.3) is 21.5 Å². The number of nitro benzene ring substituents is 2. The maximum atomic E-state index is 13.2. The van der Waals surface area contributed by atoms with Crippen LogP contribution in [0.4, 0.5) is 22.7 Å². The van der Waals surface area contributed by atoms with Gasteiger partial charge in [-0.3, -0.25) is 34.6 Å². The number of Topliss-reactive ketones (excluding diaryl/α,β-unsaturated/α-hetero) is 1. The number of fused-ring (bicyclic) bond motifs is 7. The Kier molecular flexibility index (Phi) is 23.1. The highest BCUT2D eigenvalue weighted by atomic mass is 32.2. The van der Waals surface area contributed by atoms with Gasteiger partial charge in [-0.2, -0.15) is 4.58 Å². The van der Waals surface area contributed by atoms with E-state index in [0.717, 1.165) is 86.2 Å². The normalized spacial score (nSPS) is 18.5. The lowest BCUT2D eigenvalue weighted by Gasteiger charge is -2.38. The lowest BCUT2D eigenvalue weighted by molar-refractivity contribution is -0.438. The molecule has 2 unspecified atom stereocenters. The maximum absolute atomic E-state index is 13.2. The summed E-state index contributed by atoms with van der Waals surface area (Å²) in [6.07, 6.45) is 17.0. The average molecular weight is 1450 g/mol. The molecule has 1 fully saturated rings. The van der Waals surface area contributed by atoms with Crippen molar-refractivity contribution < 1.29 is 74.2 Å². The summed E-state index contributed by atoms with van der Waals surface area (Å²) in [6, 6.07) is 17.2. The molecule has 548 valence electrons. The second-order valence-electron chi connectivity index (χ2n) is 28.6. The Labute approximate surface area is 600 Å². The van der Waals surface area contributed by atoms with Crippen LogP contribution in [0.1, 0.15) is 174 Å². The molecule has 2 amide bonds. The molecule has 0 bridgehead atoms. The number of carbonyl (C=O) groups is 4. The van der Waals surface area contributed by atoms with Crippen molar-refractivity contribution in [2.45, 2.75) is 198 Å². The number of amides is 2. The van der Waals surface area contributed by atoms with Crippen LogP contribution in [0, 0.1) is 54.8 Å². The molecular weight excluding hydrogens is 1360 g/mol. The van der Waals surface area contributed by atoms with E-state index >= 15 is 0 Å². The minimum absolute atomic E-state index is 0.0254. The van der Waals surface area contributed by atoms with Crippen LogP contribution in [-0.4, -0.2) is 118 Å². The predicted octanol–water partition coefficient (Wildman–Crippen LogP) is 13.0. The summed E-state index contributed by atoms with van der Waals surface area (Å²) in [4.78, 5) is 78.7. The van der Waals surface area contributed by atoms with Gasteiger partial charge in [0.05, 0.1) is 31.1 Å². The first-order chi connectivity index (χ1) is 48.6. The van der Waals surface area contributed by atoms with Gasteiger partial charge >= 0.3 is 5.97 Å². The Balaban J connectivity index is 0.927. The average Bonchev–Trinajstić information content (AvgIpc) is 1.58. The lowest BCUT2D eigenvalue weighted by atomic mass is 9.75. The number of hydrogen-bond donors (Lipinski definition) is 3. The van der Waals surface area contributed by atoms with Crippen LogP contribution in [0.5, 0.6) is 11.5 Å². The number of unbranched alkanes of at least 4 members (excludes halogenated alkanes) is 4. The van der Waals surface area contributed by atoms with Crippen molar-refractivity contribution in [2.75, 3.05) is 37.6 Å². The van der Waals surface area contributed by atoms with Crippen molar-refractivity contribution >= 4 is 93.8 Å². The van der Waals surface area contributed by atoms with E-state index in [9.17, 15) is 70.5 Å². The molecule has 0 spiro atoms. The number of hydrogen-bond acceptors (Lipinski definition) is 20. The van der Waals surface area contributed by atoms with E-state index in [1.807, 2.05) is 69.3 Å². The first kappa shape index (κ1) is 76.6. The van der Waals surface area contributed by atoms with Gasteiger partial charge in [0.2, 0.25) is 5.69 Å². The van der Waals surface area contributed by atoms with Crippen molar-refractivity contribution in [1.82, 2.24) is 15.7 Å². The summed E-state index contributed by atoms with van der Waals surface area (Å²) in [6.45, 7) is 20.2. The van der Waals surface area contributed by atoms with Crippen molar-refractivity contribution in [3.05, 3.63) is 173 Å².